The Balaban J connectivity index is 1.45. The minimum absolute atomic E-state index is 0.254. The first-order valence-corrected chi connectivity index (χ1v) is 11.3. The molecule has 4 heteroatoms. The van der Waals surface area contributed by atoms with E-state index in [1.54, 1.807) is 6.07 Å². The molecule has 0 bridgehead atoms. The quantitative estimate of drug-likeness (QED) is 0.410. The SMILES string of the molecule is C/C=C/C1CCC(CCC2CCC(c3ccc(Cl)cc3OC(F)F)CC2)CC1. The van der Waals surface area contributed by atoms with Gasteiger partial charge in [-0.25, -0.2) is 0 Å². The van der Waals surface area contributed by atoms with Gasteiger partial charge in [-0.2, -0.15) is 8.78 Å². The summed E-state index contributed by atoms with van der Waals surface area (Å²) in [5.41, 5.74) is 0.894. The average Bonchev–Trinajstić information content (AvgIpc) is 2.68. The minimum atomic E-state index is -2.81. The number of hydrogen-bond donors (Lipinski definition) is 0. The Hall–Kier alpha value is -1.09. The van der Waals surface area contributed by atoms with Crippen LogP contribution in [0.1, 0.15) is 82.6 Å². The molecule has 2 saturated carbocycles. The summed E-state index contributed by atoms with van der Waals surface area (Å²) in [6.07, 6.45) is 17.2. The van der Waals surface area contributed by atoms with Gasteiger partial charge < -0.3 is 4.74 Å². The van der Waals surface area contributed by atoms with Gasteiger partial charge in [-0.15, -0.1) is 0 Å². The number of halogens is 3. The molecule has 28 heavy (non-hydrogen) atoms. The van der Waals surface area contributed by atoms with Gasteiger partial charge >= 0.3 is 6.61 Å². The van der Waals surface area contributed by atoms with E-state index in [4.69, 9.17) is 16.3 Å². The zero-order valence-electron chi connectivity index (χ0n) is 16.9. The highest BCUT2D eigenvalue weighted by molar-refractivity contribution is 6.30. The molecule has 0 spiro atoms. The third-order valence-corrected chi connectivity index (χ3v) is 7.05. The Morgan fingerprint density at radius 3 is 2.18 bits per heavy atom. The van der Waals surface area contributed by atoms with Gasteiger partial charge in [-0.1, -0.05) is 42.7 Å². The second-order valence-corrected chi connectivity index (χ2v) is 9.10. The van der Waals surface area contributed by atoms with Crippen molar-refractivity contribution in [3.8, 4) is 5.75 Å². The smallest absolute Gasteiger partial charge is 0.387 e. The number of hydrogen-bond acceptors (Lipinski definition) is 1. The van der Waals surface area contributed by atoms with Crippen LogP contribution in [-0.2, 0) is 0 Å². The van der Waals surface area contributed by atoms with Crippen molar-refractivity contribution in [2.45, 2.75) is 83.7 Å². The first-order valence-electron chi connectivity index (χ1n) is 10.9. The molecule has 1 nitrogen and oxygen atoms in total. The second-order valence-electron chi connectivity index (χ2n) is 8.66. The summed E-state index contributed by atoms with van der Waals surface area (Å²) in [6, 6.07) is 5.18. The van der Waals surface area contributed by atoms with E-state index in [2.05, 4.69) is 19.1 Å². The van der Waals surface area contributed by atoms with Crippen LogP contribution < -0.4 is 4.74 Å². The molecule has 2 aliphatic rings. The predicted molar refractivity (Wildman–Crippen MR) is 112 cm³/mol. The zero-order valence-corrected chi connectivity index (χ0v) is 17.6. The molecule has 0 aromatic heterocycles. The minimum Gasteiger partial charge on any atom is -0.434 e. The molecule has 2 aliphatic carbocycles. The highest BCUT2D eigenvalue weighted by atomic mass is 35.5. The zero-order chi connectivity index (χ0) is 19.9. The summed E-state index contributed by atoms with van der Waals surface area (Å²) in [7, 11) is 0. The fraction of sp³-hybridized carbons (Fsp3) is 0.667. The van der Waals surface area contributed by atoms with Crippen LogP contribution in [0.25, 0.3) is 0 Å². The predicted octanol–water partition coefficient (Wildman–Crippen LogP) is 8.38. The second kappa shape index (κ2) is 10.6. The van der Waals surface area contributed by atoms with Crippen LogP contribution in [0.2, 0.25) is 5.02 Å². The van der Waals surface area contributed by atoms with Gasteiger partial charge in [0.05, 0.1) is 0 Å². The van der Waals surface area contributed by atoms with Crippen LogP contribution in [-0.4, -0.2) is 6.61 Å². The number of benzene rings is 1. The molecule has 0 amide bonds. The van der Waals surface area contributed by atoms with Gasteiger partial charge in [0.15, 0.2) is 0 Å². The van der Waals surface area contributed by atoms with Crippen LogP contribution in [0.15, 0.2) is 30.4 Å². The number of rotatable bonds is 7. The van der Waals surface area contributed by atoms with E-state index in [1.165, 1.54) is 57.4 Å². The van der Waals surface area contributed by atoms with Crippen molar-refractivity contribution >= 4 is 11.6 Å². The van der Waals surface area contributed by atoms with E-state index < -0.39 is 6.61 Å². The summed E-state index contributed by atoms with van der Waals surface area (Å²) in [6.45, 7) is -0.689. The number of allylic oxidation sites excluding steroid dienone is 2. The molecular weight excluding hydrogens is 378 g/mol. The first-order chi connectivity index (χ1) is 13.5. The molecule has 0 radical (unpaired) electrons. The van der Waals surface area contributed by atoms with E-state index >= 15 is 0 Å². The molecule has 1 aromatic rings. The van der Waals surface area contributed by atoms with E-state index in [1.807, 2.05) is 6.07 Å². The van der Waals surface area contributed by atoms with Crippen molar-refractivity contribution in [2.24, 2.45) is 17.8 Å². The van der Waals surface area contributed by atoms with Gasteiger partial charge in [0.25, 0.3) is 0 Å². The summed E-state index contributed by atoms with van der Waals surface area (Å²) in [4.78, 5) is 0. The van der Waals surface area contributed by atoms with Crippen molar-refractivity contribution in [1.82, 2.24) is 0 Å². The van der Waals surface area contributed by atoms with Gasteiger partial charge in [-0.05, 0) is 99.7 Å². The van der Waals surface area contributed by atoms with Crippen molar-refractivity contribution in [3.05, 3.63) is 40.9 Å². The lowest BCUT2D eigenvalue weighted by Gasteiger charge is -2.32. The summed E-state index contributed by atoms with van der Waals surface area (Å²) < 4.78 is 30.2. The molecule has 156 valence electrons. The maximum Gasteiger partial charge on any atom is 0.387 e. The van der Waals surface area contributed by atoms with Crippen molar-refractivity contribution in [2.75, 3.05) is 0 Å². The summed E-state index contributed by atoms with van der Waals surface area (Å²) in [5, 5.41) is 0.442. The maximum absolute atomic E-state index is 12.7. The largest absolute Gasteiger partial charge is 0.434 e. The first kappa shape index (κ1) is 21.6. The van der Waals surface area contributed by atoms with Crippen molar-refractivity contribution < 1.29 is 13.5 Å². The van der Waals surface area contributed by atoms with Crippen LogP contribution in [0.5, 0.6) is 5.75 Å². The van der Waals surface area contributed by atoms with Gasteiger partial charge in [0.2, 0.25) is 0 Å². The Morgan fingerprint density at radius 2 is 1.61 bits per heavy atom. The summed E-state index contributed by atoms with van der Waals surface area (Å²) in [5.74, 6) is 3.06. The molecule has 3 rings (SSSR count). The monoisotopic (exact) mass is 410 g/mol. The van der Waals surface area contributed by atoms with Gasteiger partial charge in [-0.3, -0.25) is 0 Å². The van der Waals surface area contributed by atoms with Crippen LogP contribution in [0.4, 0.5) is 8.78 Å². The summed E-state index contributed by atoms with van der Waals surface area (Å²) >= 11 is 5.98. The number of ether oxygens (including phenoxy) is 1. The maximum atomic E-state index is 12.7. The normalized spacial score (nSPS) is 28.8. The van der Waals surface area contributed by atoms with Crippen molar-refractivity contribution in [1.29, 1.82) is 0 Å². The van der Waals surface area contributed by atoms with Gasteiger partial charge in [0.1, 0.15) is 5.75 Å². The lowest BCUT2D eigenvalue weighted by molar-refractivity contribution is -0.0507. The van der Waals surface area contributed by atoms with E-state index in [0.717, 1.165) is 36.2 Å². The van der Waals surface area contributed by atoms with E-state index in [9.17, 15) is 8.78 Å². The fourth-order valence-corrected chi connectivity index (χ4v) is 5.38. The standard InChI is InChI=1S/C24H33ClF2O/c1-2-3-17-4-6-18(7-5-17)8-9-19-10-12-20(13-11-19)22-15-14-21(25)16-23(22)28-24(26)27/h2-3,14-20,24H,4-13H2,1H3/b3-2+. The Morgan fingerprint density at radius 1 is 1.00 bits per heavy atom. The molecule has 2 fully saturated rings. The van der Waals surface area contributed by atoms with Crippen molar-refractivity contribution in [3.63, 3.8) is 0 Å². The molecule has 0 aliphatic heterocycles. The highest BCUT2D eigenvalue weighted by Crippen LogP contribution is 2.43. The topological polar surface area (TPSA) is 9.23 Å². The fourth-order valence-electron chi connectivity index (χ4n) is 5.22. The average molecular weight is 411 g/mol. The van der Waals surface area contributed by atoms with Gasteiger partial charge in [0, 0.05) is 5.02 Å². The van der Waals surface area contributed by atoms with Crippen LogP contribution in [0, 0.1) is 17.8 Å². The Labute approximate surface area is 173 Å². The molecule has 0 N–H and O–H groups in total. The third kappa shape index (κ3) is 6.20. The Bertz CT molecular complexity index is 629. The van der Waals surface area contributed by atoms with Crippen LogP contribution >= 0.6 is 11.6 Å². The number of alkyl halides is 2. The lowest BCUT2D eigenvalue weighted by atomic mass is 9.74. The third-order valence-electron chi connectivity index (χ3n) is 6.82. The van der Waals surface area contributed by atoms with E-state index in [-0.39, 0.29) is 5.75 Å². The van der Waals surface area contributed by atoms with Crippen LogP contribution in [0.3, 0.4) is 0 Å². The highest BCUT2D eigenvalue weighted by Gasteiger charge is 2.27. The molecule has 0 atom stereocenters. The molecular formula is C24H33ClF2O. The molecule has 0 heterocycles. The Kier molecular flexibility index (Phi) is 8.20. The lowest BCUT2D eigenvalue weighted by Crippen LogP contribution is -2.17. The molecule has 0 saturated heterocycles. The molecule has 1 aromatic carbocycles. The van der Waals surface area contributed by atoms with E-state index in [0.29, 0.717) is 10.9 Å². The molecule has 0 unspecified atom stereocenters.